The lowest BCUT2D eigenvalue weighted by Gasteiger charge is -2.45. The van der Waals surface area contributed by atoms with Crippen LogP contribution in [0.4, 0.5) is 24.7 Å². The number of carbonyl (C=O) groups excluding carboxylic acids is 3. The van der Waals surface area contributed by atoms with E-state index in [9.17, 15) is 27.6 Å². The van der Waals surface area contributed by atoms with Crippen LogP contribution in [-0.4, -0.2) is 61.9 Å². The molecule has 1 aromatic carbocycles. The van der Waals surface area contributed by atoms with Crippen molar-refractivity contribution >= 4 is 34.7 Å². The predicted octanol–water partition coefficient (Wildman–Crippen LogP) is 3.11. The van der Waals surface area contributed by atoms with E-state index in [1.54, 1.807) is 27.7 Å². The maximum Gasteiger partial charge on any atom is 0.418 e. The number of benzene rings is 1. The third-order valence-corrected chi connectivity index (χ3v) is 6.51. The van der Waals surface area contributed by atoms with Crippen LogP contribution in [-0.2, 0) is 15.8 Å². The van der Waals surface area contributed by atoms with Gasteiger partial charge in [-0.1, -0.05) is 6.07 Å². The van der Waals surface area contributed by atoms with Crippen LogP contribution in [0.1, 0.15) is 50.5 Å². The number of nitrogen functional groups attached to an aromatic ring is 1. The molecule has 2 aromatic heterocycles. The second kappa shape index (κ2) is 9.30. The number of carbonyl (C=O) groups is 3. The Bertz CT molecular complexity index is 1450. The van der Waals surface area contributed by atoms with Crippen molar-refractivity contribution in [3.8, 4) is 11.3 Å². The monoisotopic (exact) mass is 531 g/mol. The molecule has 0 saturated carbocycles. The van der Waals surface area contributed by atoms with Gasteiger partial charge in [-0.3, -0.25) is 14.4 Å². The number of hydrogen-bond donors (Lipinski definition) is 2. The van der Waals surface area contributed by atoms with Crippen molar-refractivity contribution in [3.05, 3.63) is 41.7 Å². The third-order valence-electron chi connectivity index (χ3n) is 6.51. The molecular weight excluding hydrogens is 503 g/mol. The lowest BCUT2D eigenvalue weighted by Crippen LogP contribution is -2.64. The fourth-order valence-electron chi connectivity index (χ4n) is 4.74. The molecule has 4 rings (SSSR count). The molecule has 1 fully saturated rings. The third kappa shape index (κ3) is 4.52. The second-order valence-corrected chi connectivity index (χ2v) is 9.89. The highest BCUT2D eigenvalue weighted by Gasteiger charge is 2.44. The second-order valence-electron chi connectivity index (χ2n) is 9.89. The quantitative estimate of drug-likeness (QED) is 0.533. The highest BCUT2D eigenvalue weighted by Crippen LogP contribution is 2.40. The zero-order valence-electron chi connectivity index (χ0n) is 21.6. The number of alkyl halides is 3. The van der Waals surface area contributed by atoms with E-state index < -0.39 is 34.6 Å². The van der Waals surface area contributed by atoms with Crippen molar-refractivity contribution in [2.75, 3.05) is 23.7 Å². The number of hydrogen-bond acceptors (Lipinski definition) is 6. The summed E-state index contributed by atoms with van der Waals surface area (Å²) >= 11 is 0. The molecule has 10 nitrogen and oxygen atoms in total. The first kappa shape index (κ1) is 26.9. The van der Waals surface area contributed by atoms with Gasteiger partial charge in [-0.25, -0.2) is 9.50 Å². The van der Waals surface area contributed by atoms with E-state index in [2.05, 4.69) is 15.4 Å². The molecule has 0 bridgehead atoms. The van der Waals surface area contributed by atoms with Gasteiger partial charge in [-0.2, -0.15) is 18.3 Å². The summed E-state index contributed by atoms with van der Waals surface area (Å²) < 4.78 is 42.6. The first-order valence-corrected chi connectivity index (χ1v) is 11.9. The van der Waals surface area contributed by atoms with E-state index in [1.807, 2.05) is 0 Å². The van der Waals surface area contributed by atoms with Gasteiger partial charge in [0.15, 0.2) is 5.82 Å². The summed E-state index contributed by atoms with van der Waals surface area (Å²) in [5.41, 5.74) is 3.84. The lowest BCUT2D eigenvalue weighted by atomic mass is 9.95. The largest absolute Gasteiger partial charge is 0.418 e. The topological polar surface area (TPSA) is 126 Å². The van der Waals surface area contributed by atoms with Crippen molar-refractivity contribution in [2.24, 2.45) is 0 Å². The number of fused-ring (bicyclic) bond motifs is 1. The van der Waals surface area contributed by atoms with E-state index in [4.69, 9.17) is 5.73 Å². The van der Waals surface area contributed by atoms with E-state index in [0.717, 1.165) is 16.9 Å². The number of amides is 3. The standard InChI is InChI=1S/C25H28F3N7O3/c1-13(2)32-22(37)16-7-6-15(10-19(16)33-8-9-34(14(3)36)24(4,5)23(33)38)18-11-17(25(26,27)28)20-21(29)30-12-31-35(18)20/h6-7,10-13H,8-9H2,1-5H3,(H,32,37)(H2,29,30,31). The van der Waals surface area contributed by atoms with Gasteiger partial charge in [0.05, 0.1) is 22.5 Å². The zero-order chi connectivity index (χ0) is 28.2. The lowest BCUT2D eigenvalue weighted by molar-refractivity contribution is -0.145. The Morgan fingerprint density at radius 2 is 1.84 bits per heavy atom. The fourth-order valence-corrected chi connectivity index (χ4v) is 4.74. The van der Waals surface area contributed by atoms with Crippen LogP contribution < -0.4 is 16.0 Å². The predicted molar refractivity (Wildman–Crippen MR) is 134 cm³/mol. The van der Waals surface area contributed by atoms with Gasteiger partial charge < -0.3 is 20.9 Å². The van der Waals surface area contributed by atoms with E-state index >= 15 is 0 Å². The maximum absolute atomic E-state index is 13.9. The summed E-state index contributed by atoms with van der Waals surface area (Å²) in [6.45, 7) is 8.44. The van der Waals surface area contributed by atoms with Gasteiger partial charge in [0.2, 0.25) is 5.91 Å². The number of nitrogens with two attached hydrogens (primary N) is 1. The minimum Gasteiger partial charge on any atom is -0.382 e. The summed E-state index contributed by atoms with van der Waals surface area (Å²) in [6, 6.07) is 5.12. The molecular formula is C25H28F3N7O3. The number of anilines is 2. The average molecular weight is 532 g/mol. The fraction of sp³-hybridized carbons (Fsp3) is 0.400. The number of nitrogens with zero attached hydrogens (tertiary/aromatic N) is 5. The number of nitrogens with one attached hydrogen (secondary N) is 1. The zero-order valence-corrected chi connectivity index (χ0v) is 21.6. The molecule has 0 radical (unpaired) electrons. The summed E-state index contributed by atoms with van der Waals surface area (Å²) in [5, 5.41) is 6.77. The van der Waals surface area contributed by atoms with Crippen molar-refractivity contribution in [1.82, 2.24) is 24.8 Å². The summed E-state index contributed by atoms with van der Waals surface area (Å²) in [5.74, 6) is -1.50. The van der Waals surface area contributed by atoms with Crippen molar-refractivity contribution in [2.45, 2.75) is 52.4 Å². The summed E-state index contributed by atoms with van der Waals surface area (Å²) in [6.07, 6.45) is -3.68. The molecule has 1 saturated heterocycles. The molecule has 13 heteroatoms. The highest BCUT2D eigenvalue weighted by molar-refractivity contribution is 6.09. The molecule has 202 valence electrons. The smallest absolute Gasteiger partial charge is 0.382 e. The minimum absolute atomic E-state index is 0.0487. The van der Waals surface area contributed by atoms with Gasteiger partial charge >= 0.3 is 6.18 Å². The Kier molecular flexibility index (Phi) is 6.58. The van der Waals surface area contributed by atoms with E-state index in [0.29, 0.717) is 0 Å². The number of halogens is 3. The van der Waals surface area contributed by atoms with E-state index in [1.165, 1.54) is 34.9 Å². The van der Waals surface area contributed by atoms with Crippen LogP contribution in [0.3, 0.4) is 0 Å². The Morgan fingerprint density at radius 1 is 1.16 bits per heavy atom. The molecule has 0 unspecified atom stereocenters. The number of piperazine rings is 1. The normalized spacial score (nSPS) is 15.9. The first-order valence-electron chi connectivity index (χ1n) is 11.9. The SMILES string of the molecule is CC(=O)N1CCN(c2cc(-c3cc(C(F)(F)F)c4c(N)ncnn34)ccc2C(=O)NC(C)C)C(=O)C1(C)C. The molecule has 0 atom stereocenters. The molecule has 1 aliphatic heterocycles. The van der Waals surface area contributed by atoms with Gasteiger partial charge in [0, 0.05) is 31.6 Å². The van der Waals surface area contributed by atoms with Gasteiger partial charge in [-0.05, 0) is 45.9 Å². The number of rotatable bonds is 4. The maximum atomic E-state index is 13.9. The summed E-state index contributed by atoms with van der Waals surface area (Å²) in [7, 11) is 0. The number of aromatic nitrogens is 3. The molecule has 38 heavy (non-hydrogen) atoms. The molecule has 1 aliphatic rings. The van der Waals surface area contributed by atoms with Gasteiger partial charge in [0.1, 0.15) is 17.4 Å². The van der Waals surface area contributed by atoms with Gasteiger partial charge in [-0.15, -0.1) is 0 Å². The van der Waals surface area contributed by atoms with E-state index in [-0.39, 0.29) is 53.4 Å². The highest BCUT2D eigenvalue weighted by atomic mass is 19.4. The van der Waals surface area contributed by atoms with Crippen LogP contribution in [0, 0.1) is 0 Å². The van der Waals surface area contributed by atoms with Crippen LogP contribution in [0.5, 0.6) is 0 Å². The van der Waals surface area contributed by atoms with Crippen LogP contribution >= 0.6 is 0 Å². The van der Waals surface area contributed by atoms with Crippen LogP contribution in [0.25, 0.3) is 16.8 Å². The minimum atomic E-state index is -4.73. The van der Waals surface area contributed by atoms with Crippen molar-refractivity contribution in [3.63, 3.8) is 0 Å². The summed E-state index contributed by atoms with van der Waals surface area (Å²) in [4.78, 5) is 45.4. The van der Waals surface area contributed by atoms with Gasteiger partial charge in [0.25, 0.3) is 11.8 Å². The van der Waals surface area contributed by atoms with Crippen molar-refractivity contribution < 1.29 is 27.6 Å². The van der Waals surface area contributed by atoms with Crippen molar-refractivity contribution in [1.29, 1.82) is 0 Å². The molecule has 3 heterocycles. The first-order chi connectivity index (χ1) is 17.6. The van der Waals surface area contributed by atoms with Crippen LogP contribution in [0.15, 0.2) is 30.6 Å². The molecule has 0 spiro atoms. The Hall–Kier alpha value is -4.16. The Labute approximate surface area is 216 Å². The Balaban J connectivity index is 1.93. The Morgan fingerprint density at radius 3 is 2.45 bits per heavy atom. The van der Waals surface area contributed by atoms with Crippen LogP contribution in [0.2, 0.25) is 0 Å². The average Bonchev–Trinajstić information content (AvgIpc) is 3.21. The molecule has 3 N–H and O–H groups in total. The molecule has 3 aromatic rings. The molecule has 3 amide bonds. The molecule has 0 aliphatic carbocycles.